The summed E-state index contributed by atoms with van der Waals surface area (Å²) in [5, 5.41) is 0.473. The molecule has 0 fully saturated rings. The Morgan fingerprint density at radius 2 is 1.69 bits per heavy atom. The second-order valence-corrected chi connectivity index (χ2v) is 9.32. The number of benzene rings is 1. The van der Waals surface area contributed by atoms with Crippen molar-refractivity contribution in [1.29, 1.82) is 0 Å². The van der Waals surface area contributed by atoms with Crippen molar-refractivity contribution < 1.29 is 16.8 Å². The van der Waals surface area contributed by atoms with Crippen LogP contribution in [0.2, 0.25) is 0 Å². The van der Waals surface area contributed by atoms with Crippen molar-refractivity contribution >= 4 is 36.8 Å². The van der Waals surface area contributed by atoms with Crippen LogP contribution in [0, 0.1) is 0 Å². The number of anilines is 1. The Labute approximate surface area is 151 Å². The molecule has 10 heteroatoms. The van der Waals surface area contributed by atoms with Crippen molar-refractivity contribution in [3.05, 3.63) is 48.8 Å². The third-order valence-electron chi connectivity index (χ3n) is 3.51. The highest BCUT2D eigenvalue weighted by atomic mass is 32.2. The molecule has 0 aliphatic rings. The van der Waals surface area contributed by atoms with Gasteiger partial charge in [-0.3, -0.25) is 4.72 Å². The maximum atomic E-state index is 12.6. The fourth-order valence-corrected chi connectivity index (χ4v) is 4.92. The molecule has 3 rings (SSSR count). The Morgan fingerprint density at radius 3 is 2.35 bits per heavy atom. The summed E-state index contributed by atoms with van der Waals surface area (Å²) in [4.78, 5) is 7.00. The van der Waals surface area contributed by atoms with Gasteiger partial charge < -0.3 is 4.98 Å². The minimum Gasteiger partial charge on any atom is -0.345 e. The molecule has 0 atom stereocenters. The number of sulfonamides is 2. The number of H-pyrrole nitrogens is 1. The Kier molecular flexibility index (Phi) is 4.74. The highest BCUT2D eigenvalue weighted by molar-refractivity contribution is 7.93. The van der Waals surface area contributed by atoms with Crippen molar-refractivity contribution in [2.75, 3.05) is 4.72 Å². The standard InChI is InChI=1S/C16H18N4O4S2/c1-11(2)19-25(21,22)13-7-5-12(6-8-13)20-26(23,24)15-10-18-16-14(15)4-3-9-17-16/h3-11,19-20H,1-2H3,(H,17,18). The molecule has 0 radical (unpaired) electrons. The first-order valence-electron chi connectivity index (χ1n) is 7.76. The van der Waals surface area contributed by atoms with Crippen LogP contribution in [0.25, 0.3) is 11.0 Å². The molecule has 0 aliphatic carbocycles. The Bertz CT molecular complexity index is 1130. The van der Waals surface area contributed by atoms with Gasteiger partial charge in [0, 0.05) is 29.5 Å². The first-order valence-corrected chi connectivity index (χ1v) is 10.7. The van der Waals surface area contributed by atoms with Gasteiger partial charge in [0.2, 0.25) is 10.0 Å². The fraction of sp³-hybridized carbons (Fsp3) is 0.188. The molecule has 138 valence electrons. The van der Waals surface area contributed by atoms with E-state index in [4.69, 9.17) is 0 Å². The lowest BCUT2D eigenvalue weighted by molar-refractivity contribution is 0.570. The van der Waals surface area contributed by atoms with E-state index >= 15 is 0 Å². The third-order valence-corrected chi connectivity index (χ3v) is 6.61. The Balaban J connectivity index is 1.87. The number of hydrogen-bond acceptors (Lipinski definition) is 5. The van der Waals surface area contributed by atoms with Crippen molar-refractivity contribution in [1.82, 2.24) is 14.7 Å². The van der Waals surface area contributed by atoms with Gasteiger partial charge in [-0.15, -0.1) is 0 Å². The number of rotatable bonds is 6. The summed E-state index contributed by atoms with van der Waals surface area (Å²) in [6.45, 7) is 3.44. The third kappa shape index (κ3) is 3.71. The van der Waals surface area contributed by atoms with Gasteiger partial charge in [0.05, 0.1) is 4.90 Å². The fourth-order valence-electron chi connectivity index (χ4n) is 2.44. The largest absolute Gasteiger partial charge is 0.345 e. The minimum absolute atomic E-state index is 0.0606. The van der Waals surface area contributed by atoms with E-state index in [2.05, 4.69) is 19.4 Å². The van der Waals surface area contributed by atoms with Crippen LogP contribution in [0.4, 0.5) is 5.69 Å². The van der Waals surface area contributed by atoms with Gasteiger partial charge in [0.1, 0.15) is 10.5 Å². The van der Waals surface area contributed by atoms with Crippen LogP contribution in [0.5, 0.6) is 0 Å². The second kappa shape index (κ2) is 6.71. The van der Waals surface area contributed by atoms with E-state index in [9.17, 15) is 16.8 Å². The Morgan fingerprint density at radius 1 is 1.00 bits per heavy atom. The maximum Gasteiger partial charge on any atom is 0.264 e. The summed E-state index contributed by atoms with van der Waals surface area (Å²) in [5.41, 5.74) is 0.723. The average molecular weight is 394 g/mol. The van der Waals surface area contributed by atoms with Gasteiger partial charge in [0.15, 0.2) is 0 Å². The van der Waals surface area contributed by atoms with Gasteiger partial charge in [-0.1, -0.05) is 0 Å². The lowest BCUT2D eigenvalue weighted by atomic mass is 10.3. The predicted molar refractivity (Wildman–Crippen MR) is 98.8 cm³/mol. The molecule has 0 unspecified atom stereocenters. The summed E-state index contributed by atoms with van der Waals surface area (Å²) in [7, 11) is -7.48. The van der Waals surface area contributed by atoms with E-state index in [0.717, 1.165) is 0 Å². The first-order chi connectivity index (χ1) is 12.2. The zero-order valence-electron chi connectivity index (χ0n) is 14.1. The minimum atomic E-state index is -3.85. The van der Waals surface area contributed by atoms with E-state index in [1.54, 1.807) is 32.2 Å². The Hall–Kier alpha value is -2.43. The lowest BCUT2D eigenvalue weighted by Gasteiger charge is -2.11. The molecular weight excluding hydrogens is 376 g/mol. The van der Waals surface area contributed by atoms with Crippen LogP contribution in [0.1, 0.15) is 13.8 Å². The van der Waals surface area contributed by atoms with Crippen LogP contribution < -0.4 is 9.44 Å². The number of fused-ring (bicyclic) bond motifs is 1. The second-order valence-electron chi connectivity index (χ2n) is 5.96. The zero-order valence-corrected chi connectivity index (χ0v) is 15.7. The molecule has 0 aliphatic heterocycles. The van der Waals surface area contributed by atoms with Gasteiger partial charge in [-0.2, -0.15) is 0 Å². The number of nitrogens with one attached hydrogen (secondary N) is 3. The average Bonchev–Trinajstić information content (AvgIpc) is 2.98. The molecule has 2 heterocycles. The summed E-state index contributed by atoms with van der Waals surface area (Å²) >= 11 is 0. The number of pyridine rings is 1. The van der Waals surface area contributed by atoms with Crippen LogP contribution in [0.15, 0.2) is 58.6 Å². The molecule has 3 N–H and O–H groups in total. The molecule has 3 aromatic rings. The van der Waals surface area contributed by atoms with Crippen LogP contribution in [-0.4, -0.2) is 32.8 Å². The molecule has 0 saturated heterocycles. The topological polar surface area (TPSA) is 121 Å². The van der Waals surface area contributed by atoms with Crippen molar-refractivity contribution in [3.8, 4) is 0 Å². The highest BCUT2D eigenvalue weighted by Gasteiger charge is 2.20. The van der Waals surface area contributed by atoms with Crippen LogP contribution >= 0.6 is 0 Å². The van der Waals surface area contributed by atoms with Gasteiger partial charge >= 0.3 is 0 Å². The van der Waals surface area contributed by atoms with E-state index in [0.29, 0.717) is 11.0 Å². The molecule has 0 bridgehead atoms. The zero-order chi connectivity index (χ0) is 18.9. The molecule has 1 aromatic carbocycles. The highest BCUT2D eigenvalue weighted by Crippen LogP contribution is 2.24. The van der Waals surface area contributed by atoms with Gasteiger partial charge in [-0.25, -0.2) is 26.5 Å². The summed E-state index contributed by atoms with van der Waals surface area (Å²) < 4.78 is 54.4. The van der Waals surface area contributed by atoms with Crippen molar-refractivity contribution in [2.45, 2.75) is 29.7 Å². The van der Waals surface area contributed by atoms with Gasteiger partial charge in [0.25, 0.3) is 10.0 Å². The normalized spacial score (nSPS) is 12.6. The number of aromatic amines is 1. The predicted octanol–water partition coefficient (Wildman–Crippen LogP) is 2.05. The molecule has 0 spiro atoms. The molecule has 26 heavy (non-hydrogen) atoms. The number of aromatic nitrogens is 2. The van der Waals surface area contributed by atoms with Crippen molar-refractivity contribution in [3.63, 3.8) is 0 Å². The molecule has 0 amide bonds. The SMILES string of the molecule is CC(C)NS(=O)(=O)c1ccc(NS(=O)(=O)c2c[nH]c3ncccc23)cc1. The molecule has 8 nitrogen and oxygen atoms in total. The van der Waals surface area contributed by atoms with Crippen LogP contribution in [-0.2, 0) is 20.0 Å². The summed E-state index contributed by atoms with van der Waals surface area (Å²) in [6.07, 6.45) is 2.93. The van der Waals surface area contributed by atoms with Crippen molar-refractivity contribution in [2.24, 2.45) is 0 Å². The van der Waals surface area contributed by atoms with E-state index in [1.807, 2.05) is 0 Å². The van der Waals surface area contributed by atoms with E-state index < -0.39 is 20.0 Å². The van der Waals surface area contributed by atoms with Crippen LogP contribution in [0.3, 0.4) is 0 Å². The van der Waals surface area contributed by atoms with E-state index in [-0.39, 0.29) is 21.5 Å². The molecule has 2 aromatic heterocycles. The van der Waals surface area contributed by atoms with Gasteiger partial charge in [-0.05, 0) is 50.2 Å². The number of hydrogen-bond donors (Lipinski definition) is 3. The maximum absolute atomic E-state index is 12.6. The lowest BCUT2D eigenvalue weighted by Crippen LogP contribution is -2.30. The molecule has 0 saturated carbocycles. The first kappa shape index (κ1) is 18.4. The monoisotopic (exact) mass is 394 g/mol. The number of nitrogens with zero attached hydrogens (tertiary/aromatic N) is 1. The van der Waals surface area contributed by atoms with E-state index in [1.165, 1.54) is 30.5 Å². The smallest absolute Gasteiger partial charge is 0.264 e. The quantitative estimate of drug-likeness (QED) is 0.591. The summed E-state index contributed by atoms with van der Waals surface area (Å²) in [6, 6.07) is 8.56. The molecular formula is C16H18N4O4S2. The summed E-state index contributed by atoms with van der Waals surface area (Å²) in [5.74, 6) is 0.